The van der Waals surface area contributed by atoms with Crippen LogP contribution in [0.2, 0.25) is 0 Å². The molecule has 0 spiro atoms. The molecule has 5 nitrogen and oxygen atoms in total. The average molecular weight is 529 g/mol. The number of aliphatic hydroxyl groups excluding tert-OH is 1. The van der Waals surface area contributed by atoms with Gasteiger partial charge in [0.2, 0.25) is 0 Å². The van der Waals surface area contributed by atoms with Crippen molar-refractivity contribution in [1.82, 2.24) is 9.80 Å². The number of aliphatic hydroxyl groups is 1. The SMILES string of the molecule is CC(C)(C)OC(=O)N1[C@@H](CC(C(O)c2ccccc2)N(Cc2ccccc2)Cc2ccccc2)CCC1(C)C. The molecule has 3 aromatic carbocycles. The summed E-state index contributed by atoms with van der Waals surface area (Å²) in [7, 11) is 0. The highest BCUT2D eigenvalue weighted by Gasteiger charge is 2.46. The van der Waals surface area contributed by atoms with Crippen molar-refractivity contribution in [2.75, 3.05) is 0 Å². The minimum absolute atomic E-state index is 0.0488. The molecule has 1 heterocycles. The average Bonchev–Trinajstić information content (AvgIpc) is 3.21. The summed E-state index contributed by atoms with van der Waals surface area (Å²) in [4.78, 5) is 17.8. The number of amides is 1. The molecule has 5 heteroatoms. The lowest BCUT2D eigenvalue weighted by atomic mass is 9.93. The third-order valence-corrected chi connectivity index (χ3v) is 7.64. The second-order valence-electron chi connectivity index (χ2n) is 12.4. The Morgan fingerprint density at radius 1 is 0.923 bits per heavy atom. The second-order valence-corrected chi connectivity index (χ2v) is 12.4. The molecule has 1 amide bonds. The van der Waals surface area contributed by atoms with Crippen LogP contribution in [0.5, 0.6) is 0 Å². The Morgan fingerprint density at radius 2 is 1.41 bits per heavy atom. The van der Waals surface area contributed by atoms with Crippen LogP contribution in [-0.2, 0) is 17.8 Å². The van der Waals surface area contributed by atoms with Crippen LogP contribution in [0.25, 0.3) is 0 Å². The summed E-state index contributed by atoms with van der Waals surface area (Å²) in [5.74, 6) is 0. The minimum Gasteiger partial charge on any atom is -0.444 e. The van der Waals surface area contributed by atoms with Gasteiger partial charge in [0, 0.05) is 30.7 Å². The summed E-state index contributed by atoms with van der Waals surface area (Å²) in [5.41, 5.74) is 2.37. The number of carbonyl (C=O) groups is 1. The number of hydrogen-bond donors (Lipinski definition) is 1. The maximum Gasteiger partial charge on any atom is 0.410 e. The summed E-state index contributed by atoms with van der Waals surface area (Å²) < 4.78 is 5.88. The zero-order valence-electron chi connectivity index (χ0n) is 24.1. The number of benzene rings is 3. The van der Waals surface area contributed by atoms with Gasteiger partial charge < -0.3 is 14.7 Å². The summed E-state index contributed by atoms with van der Waals surface area (Å²) in [6.45, 7) is 11.3. The number of likely N-dealkylation sites (tertiary alicyclic amines) is 1. The van der Waals surface area contributed by atoms with Gasteiger partial charge in [-0.25, -0.2) is 4.79 Å². The maximum absolute atomic E-state index is 13.5. The number of carbonyl (C=O) groups excluding carboxylic acids is 1. The Kier molecular flexibility index (Phi) is 9.14. The van der Waals surface area contributed by atoms with Gasteiger partial charge in [-0.1, -0.05) is 91.0 Å². The topological polar surface area (TPSA) is 53.0 Å². The molecule has 3 aromatic rings. The van der Waals surface area contributed by atoms with Crippen LogP contribution < -0.4 is 0 Å². The first kappa shape index (κ1) is 28.8. The van der Waals surface area contributed by atoms with Crippen LogP contribution >= 0.6 is 0 Å². The molecule has 0 radical (unpaired) electrons. The van der Waals surface area contributed by atoms with Crippen molar-refractivity contribution in [3.05, 3.63) is 108 Å². The first-order valence-electron chi connectivity index (χ1n) is 14.1. The molecule has 0 aromatic heterocycles. The van der Waals surface area contributed by atoms with Gasteiger partial charge in [-0.15, -0.1) is 0 Å². The van der Waals surface area contributed by atoms with Gasteiger partial charge in [-0.05, 0) is 70.6 Å². The van der Waals surface area contributed by atoms with Crippen LogP contribution in [0.4, 0.5) is 4.79 Å². The van der Waals surface area contributed by atoms with E-state index in [9.17, 15) is 9.90 Å². The molecule has 1 fully saturated rings. The number of rotatable bonds is 9. The van der Waals surface area contributed by atoms with Gasteiger partial charge in [-0.2, -0.15) is 0 Å². The second kappa shape index (κ2) is 12.4. The van der Waals surface area contributed by atoms with Crippen molar-refractivity contribution in [1.29, 1.82) is 0 Å². The fraction of sp³-hybridized carbons (Fsp3) is 0.441. The van der Waals surface area contributed by atoms with Crippen molar-refractivity contribution >= 4 is 6.09 Å². The molecule has 0 aliphatic carbocycles. The van der Waals surface area contributed by atoms with Crippen LogP contribution in [0, 0.1) is 0 Å². The van der Waals surface area contributed by atoms with Gasteiger partial charge in [0.15, 0.2) is 0 Å². The zero-order chi connectivity index (χ0) is 28.0. The maximum atomic E-state index is 13.5. The first-order valence-corrected chi connectivity index (χ1v) is 14.1. The molecule has 0 saturated carbocycles. The lowest BCUT2D eigenvalue weighted by molar-refractivity contribution is -0.0122. The number of nitrogens with zero attached hydrogens (tertiary/aromatic N) is 2. The fourth-order valence-corrected chi connectivity index (χ4v) is 5.75. The Labute approximate surface area is 234 Å². The lowest BCUT2D eigenvalue weighted by Gasteiger charge is -2.41. The molecule has 0 bridgehead atoms. The molecule has 39 heavy (non-hydrogen) atoms. The summed E-state index contributed by atoms with van der Waals surface area (Å²) >= 11 is 0. The zero-order valence-corrected chi connectivity index (χ0v) is 24.1. The third-order valence-electron chi connectivity index (χ3n) is 7.64. The van der Waals surface area contributed by atoms with Crippen LogP contribution in [-0.4, -0.2) is 44.2 Å². The van der Waals surface area contributed by atoms with E-state index >= 15 is 0 Å². The standard InChI is InChI=1S/C34H44N2O3/c1-33(2,3)39-32(38)36-29(21-22-34(36,4)5)23-30(31(37)28-19-13-8-14-20-28)35(24-26-15-9-6-10-16-26)25-27-17-11-7-12-18-27/h6-20,29-31,37H,21-25H2,1-5H3/t29-,30?,31?/m1/s1. The summed E-state index contributed by atoms with van der Waals surface area (Å²) in [6, 6.07) is 30.5. The molecule has 1 N–H and O–H groups in total. The summed E-state index contributed by atoms with van der Waals surface area (Å²) in [6.07, 6.45) is 1.40. The highest BCUT2D eigenvalue weighted by molar-refractivity contribution is 5.70. The Balaban J connectivity index is 1.71. The normalized spacial score (nSPS) is 18.6. The molecule has 1 saturated heterocycles. The summed E-state index contributed by atoms with van der Waals surface area (Å²) in [5, 5.41) is 11.9. The van der Waals surface area contributed by atoms with E-state index in [0.29, 0.717) is 19.5 Å². The molecule has 2 unspecified atom stereocenters. The fourth-order valence-electron chi connectivity index (χ4n) is 5.75. The van der Waals surface area contributed by atoms with Gasteiger partial charge in [-0.3, -0.25) is 4.90 Å². The van der Waals surface area contributed by atoms with Gasteiger partial charge in [0.05, 0.1) is 6.10 Å². The number of ether oxygens (including phenoxy) is 1. The lowest BCUT2D eigenvalue weighted by Crippen LogP contribution is -2.51. The van der Waals surface area contributed by atoms with E-state index in [1.807, 2.05) is 68.1 Å². The van der Waals surface area contributed by atoms with Crippen molar-refractivity contribution < 1.29 is 14.6 Å². The van der Waals surface area contributed by atoms with Crippen molar-refractivity contribution in [3.8, 4) is 0 Å². The van der Waals surface area contributed by atoms with Gasteiger partial charge >= 0.3 is 6.09 Å². The molecular weight excluding hydrogens is 484 g/mol. The van der Waals surface area contributed by atoms with E-state index in [2.05, 4.69) is 67.3 Å². The predicted molar refractivity (Wildman–Crippen MR) is 157 cm³/mol. The quantitative estimate of drug-likeness (QED) is 0.315. The monoisotopic (exact) mass is 528 g/mol. The molecule has 1 aliphatic rings. The Hall–Kier alpha value is -3.15. The van der Waals surface area contributed by atoms with Crippen molar-refractivity contribution in [3.63, 3.8) is 0 Å². The van der Waals surface area contributed by atoms with E-state index in [0.717, 1.165) is 18.4 Å². The molecule has 208 valence electrons. The highest BCUT2D eigenvalue weighted by atomic mass is 16.6. The molecular formula is C34H44N2O3. The third kappa shape index (κ3) is 7.71. The van der Waals surface area contributed by atoms with Crippen molar-refractivity contribution in [2.45, 2.75) is 96.3 Å². The molecule has 4 rings (SSSR count). The van der Waals surface area contributed by atoms with E-state index in [-0.39, 0.29) is 23.7 Å². The van der Waals surface area contributed by atoms with Gasteiger partial charge in [0.1, 0.15) is 5.60 Å². The van der Waals surface area contributed by atoms with Crippen molar-refractivity contribution in [2.24, 2.45) is 0 Å². The minimum atomic E-state index is -0.720. The Bertz CT molecular complexity index is 1130. The van der Waals surface area contributed by atoms with Crippen LogP contribution in [0.1, 0.15) is 76.7 Å². The largest absolute Gasteiger partial charge is 0.444 e. The number of hydrogen-bond acceptors (Lipinski definition) is 4. The molecule has 1 aliphatic heterocycles. The van der Waals surface area contributed by atoms with Crippen LogP contribution in [0.15, 0.2) is 91.0 Å². The van der Waals surface area contributed by atoms with Gasteiger partial charge in [0.25, 0.3) is 0 Å². The highest BCUT2D eigenvalue weighted by Crippen LogP contribution is 2.39. The van der Waals surface area contributed by atoms with E-state index < -0.39 is 11.7 Å². The predicted octanol–water partition coefficient (Wildman–Crippen LogP) is 7.36. The van der Waals surface area contributed by atoms with E-state index in [1.165, 1.54) is 11.1 Å². The Morgan fingerprint density at radius 3 is 1.90 bits per heavy atom. The van der Waals surface area contributed by atoms with E-state index in [4.69, 9.17) is 4.74 Å². The first-order chi connectivity index (χ1) is 18.5. The molecule has 3 atom stereocenters. The van der Waals surface area contributed by atoms with Crippen LogP contribution in [0.3, 0.4) is 0 Å². The smallest absolute Gasteiger partial charge is 0.410 e. The van der Waals surface area contributed by atoms with E-state index in [1.54, 1.807) is 0 Å².